The van der Waals surface area contributed by atoms with Crippen LogP contribution in [0.15, 0.2) is 23.1 Å². The number of benzene rings is 1. The van der Waals surface area contributed by atoms with Crippen molar-refractivity contribution in [3.05, 3.63) is 29.0 Å². The van der Waals surface area contributed by atoms with Crippen molar-refractivity contribution in [1.29, 1.82) is 0 Å². The van der Waals surface area contributed by atoms with Gasteiger partial charge in [0.1, 0.15) is 10.7 Å². The maximum absolute atomic E-state index is 13.8. The molecule has 110 valence electrons. The zero-order valence-electron chi connectivity index (χ0n) is 10.9. The summed E-state index contributed by atoms with van der Waals surface area (Å²) in [5.41, 5.74) is 0.0160. The summed E-state index contributed by atoms with van der Waals surface area (Å²) < 4.78 is 40.3. The Morgan fingerprint density at radius 2 is 2.15 bits per heavy atom. The second-order valence-corrected chi connectivity index (χ2v) is 7.93. The molecule has 2 aliphatic rings. The van der Waals surface area contributed by atoms with Crippen molar-refractivity contribution in [3.63, 3.8) is 0 Å². The van der Waals surface area contributed by atoms with Gasteiger partial charge in [-0.1, -0.05) is 11.6 Å². The molecule has 0 amide bonds. The van der Waals surface area contributed by atoms with E-state index in [4.69, 9.17) is 11.6 Å². The lowest BCUT2D eigenvalue weighted by Crippen LogP contribution is -2.33. The Labute approximate surface area is 123 Å². The fourth-order valence-electron chi connectivity index (χ4n) is 3.06. The van der Waals surface area contributed by atoms with Crippen LogP contribution in [-0.4, -0.2) is 38.9 Å². The summed E-state index contributed by atoms with van der Waals surface area (Å²) >= 11 is 5.79. The fraction of sp³-hybridized carbons (Fsp3) is 0.538. The lowest BCUT2D eigenvalue weighted by Gasteiger charge is -2.22. The molecule has 1 unspecified atom stereocenters. The van der Waals surface area contributed by atoms with Crippen molar-refractivity contribution in [2.75, 3.05) is 26.2 Å². The lowest BCUT2D eigenvalue weighted by atomic mass is 9.87. The highest BCUT2D eigenvalue weighted by atomic mass is 35.5. The average Bonchev–Trinajstić information content (AvgIpc) is 3.04. The maximum atomic E-state index is 13.8. The van der Waals surface area contributed by atoms with Gasteiger partial charge in [-0.05, 0) is 43.0 Å². The third-order valence-electron chi connectivity index (χ3n) is 4.25. The van der Waals surface area contributed by atoms with Crippen molar-refractivity contribution in [2.24, 2.45) is 5.41 Å². The highest BCUT2D eigenvalue weighted by molar-refractivity contribution is 7.89. The van der Waals surface area contributed by atoms with Crippen LogP contribution >= 0.6 is 11.6 Å². The smallest absolute Gasteiger partial charge is 0.246 e. The van der Waals surface area contributed by atoms with Crippen molar-refractivity contribution in [2.45, 2.75) is 17.7 Å². The molecule has 0 bridgehead atoms. The normalized spacial score (nSPS) is 27.5. The van der Waals surface area contributed by atoms with Gasteiger partial charge in [0.25, 0.3) is 0 Å². The lowest BCUT2D eigenvalue weighted by molar-refractivity contribution is 0.337. The van der Waals surface area contributed by atoms with E-state index < -0.39 is 15.8 Å². The van der Waals surface area contributed by atoms with Crippen molar-refractivity contribution >= 4 is 21.6 Å². The Morgan fingerprint density at radius 3 is 2.85 bits per heavy atom. The molecule has 1 aromatic carbocycles. The van der Waals surface area contributed by atoms with E-state index >= 15 is 0 Å². The predicted octanol–water partition coefficient (Wildman–Crippen LogP) is 1.85. The highest BCUT2D eigenvalue weighted by Crippen LogP contribution is 2.38. The average molecular weight is 319 g/mol. The van der Waals surface area contributed by atoms with E-state index in [1.807, 2.05) is 0 Å². The van der Waals surface area contributed by atoms with Gasteiger partial charge >= 0.3 is 0 Å². The maximum Gasteiger partial charge on any atom is 0.246 e. The van der Waals surface area contributed by atoms with E-state index in [-0.39, 0.29) is 15.3 Å². The molecule has 2 heterocycles. The van der Waals surface area contributed by atoms with Gasteiger partial charge < -0.3 is 5.32 Å². The molecular weight excluding hydrogens is 303 g/mol. The molecule has 3 rings (SSSR count). The summed E-state index contributed by atoms with van der Waals surface area (Å²) in [5, 5.41) is 3.49. The van der Waals surface area contributed by atoms with E-state index in [1.165, 1.54) is 16.4 Å². The van der Waals surface area contributed by atoms with Crippen LogP contribution in [0.25, 0.3) is 0 Å². The Balaban J connectivity index is 1.91. The first-order valence-corrected chi connectivity index (χ1v) is 8.41. The second kappa shape index (κ2) is 4.94. The molecular formula is C13H16ClFN2O2S. The van der Waals surface area contributed by atoms with Crippen molar-refractivity contribution in [3.8, 4) is 0 Å². The first-order chi connectivity index (χ1) is 9.43. The Hall–Kier alpha value is -0.690. The van der Waals surface area contributed by atoms with E-state index in [0.717, 1.165) is 32.0 Å². The molecule has 1 N–H and O–H groups in total. The van der Waals surface area contributed by atoms with Crippen LogP contribution in [0.2, 0.25) is 5.02 Å². The summed E-state index contributed by atoms with van der Waals surface area (Å²) in [6.07, 6.45) is 1.79. The molecule has 0 aliphatic carbocycles. The van der Waals surface area contributed by atoms with Gasteiger partial charge in [-0.15, -0.1) is 0 Å². The summed E-state index contributed by atoms with van der Waals surface area (Å²) in [7, 11) is -3.81. The Kier molecular flexibility index (Phi) is 3.52. The van der Waals surface area contributed by atoms with Crippen LogP contribution in [0.3, 0.4) is 0 Å². The number of sulfonamides is 1. The van der Waals surface area contributed by atoms with Crippen molar-refractivity contribution in [1.82, 2.24) is 9.62 Å². The molecule has 2 saturated heterocycles. The number of hydrogen-bond donors (Lipinski definition) is 1. The van der Waals surface area contributed by atoms with Gasteiger partial charge in [-0.2, -0.15) is 4.31 Å². The highest BCUT2D eigenvalue weighted by Gasteiger charge is 2.45. The number of nitrogens with zero attached hydrogens (tertiary/aromatic N) is 1. The van der Waals surface area contributed by atoms with E-state index in [9.17, 15) is 12.8 Å². The minimum absolute atomic E-state index is 0.0160. The Morgan fingerprint density at radius 1 is 1.35 bits per heavy atom. The van der Waals surface area contributed by atoms with Crippen LogP contribution in [0.4, 0.5) is 4.39 Å². The zero-order valence-corrected chi connectivity index (χ0v) is 12.5. The molecule has 1 spiro atoms. The van der Waals surface area contributed by atoms with Gasteiger partial charge in [-0.3, -0.25) is 0 Å². The molecule has 1 atom stereocenters. The molecule has 0 saturated carbocycles. The molecule has 7 heteroatoms. The van der Waals surface area contributed by atoms with Crippen LogP contribution in [-0.2, 0) is 10.0 Å². The molecule has 1 aromatic rings. The van der Waals surface area contributed by atoms with E-state index in [1.54, 1.807) is 0 Å². The van der Waals surface area contributed by atoms with Gasteiger partial charge in [0, 0.05) is 24.7 Å². The fourth-order valence-corrected chi connectivity index (χ4v) is 4.94. The third-order valence-corrected chi connectivity index (χ3v) is 6.34. The van der Waals surface area contributed by atoms with E-state index in [0.29, 0.717) is 13.1 Å². The van der Waals surface area contributed by atoms with Gasteiger partial charge in [0.15, 0.2) is 0 Å². The number of hydrogen-bond acceptors (Lipinski definition) is 3. The molecule has 0 aromatic heterocycles. The summed E-state index contributed by atoms with van der Waals surface area (Å²) in [5.74, 6) is -0.750. The van der Waals surface area contributed by atoms with Crippen LogP contribution < -0.4 is 5.32 Å². The topological polar surface area (TPSA) is 49.4 Å². The SMILES string of the molecule is O=S(=O)(c1cc(Cl)ccc1F)N1CCC2(CCNC2)C1. The summed E-state index contributed by atoms with van der Waals surface area (Å²) in [6.45, 7) is 2.64. The van der Waals surface area contributed by atoms with Gasteiger partial charge in [0.2, 0.25) is 10.0 Å². The Bertz CT molecular complexity index is 629. The molecule has 20 heavy (non-hydrogen) atoms. The molecule has 2 aliphatic heterocycles. The molecule has 4 nitrogen and oxygen atoms in total. The molecule has 2 fully saturated rings. The third kappa shape index (κ3) is 2.35. The van der Waals surface area contributed by atoms with Gasteiger partial charge in [0.05, 0.1) is 0 Å². The monoisotopic (exact) mass is 318 g/mol. The van der Waals surface area contributed by atoms with Crippen LogP contribution in [0.1, 0.15) is 12.8 Å². The zero-order chi connectivity index (χ0) is 14.4. The van der Waals surface area contributed by atoms with Crippen molar-refractivity contribution < 1.29 is 12.8 Å². The molecule has 0 radical (unpaired) electrons. The number of halogens is 2. The minimum atomic E-state index is -3.81. The first kappa shape index (κ1) is 14.3. The number of rotatable bonds is 2. The van der Waals surface area contributed by atoms with Crippen LogP contribution in [0.5, 0.6) is 0 Å². The second-order valence-electron chi connectivity index (χ2n) is 5.59. The summed E-state index contributed by atoms with van der Waals surface area (Å²) in [4.78, 5) is -0.326. The van der Waals surface area contributed by atoms with Crippen LogP contribution in [0, 0.1) is 11.2 Å². The van der Waals surface area contributed by atoms with Gasteiger partial charge in [-0.25, -0.2) is 12.8 Å². The summed E-state index contributed by atoms with van der Waals surface area (Å²) in [6, 6.07) is 3.63. The predicted molar refractivity (Wildman–Crippen MR) is 74.7 cm³/mol. The minimum Gasteiger partial charge on any atom is -0.316 e. The quantitative estimate of drug-likeness (QED) is 0.905. The van der Waals surface area contributed by atoms with E-state index in [2.05, 4.69) is 5.32 Å². The number of nitrogens with one attached hydrogen (secondary N) is 1. The first-order valence-electron chi connectivity index (χ1n) is 6.59. The standard InChI is InChI=1S/C13H16ClFN2O2S/c14-10-1-2-11(15)12(7-10)20(18,19)17-6-4-13(9-17)3-5-16-8-13/h1-2,7,16H,3-6,8-9H2. The largest absolute Gasteiger partial charge is 0.316 e.